The monoisotopic (exact) mass is 476 g/mol. The van der Waals surface area contributed by atoms with Gasteiger partial charge in [-0.2, -0.15) is 0 Å². The van der Waals surface area contributed by atoms with E-state index in [1.54, 1.807) is 41.3 Å². The van der Waals surface area contributed by atoms with Crippen LogP contribution < -0.4 is 4.31 Å². The molecule has 2 aromatic carbocycles. The van der Waals surface area contributed by atoms with Gasteiger partial charge in [-0.05, 0) is 60.4 Å². The van der Waals surface area contributed by atoms with Crippen molar-refractivity contribution >= 4 is 33.2 Å². The van der Waals surface area contributed by atoms with Crippen LogP contribution in [-0.4, -0.2) is 38.9 Å². The first-order valence-corrected chi connectivity index (χ1v) is 13.0. The average molecular weight is 477 g/mol. The van der Waals surface area contributed by atoms with Gasteiger partial charge in [-0.1, -0.05) is 63.6 Å². The van der Waals surface area contributed by atoms with E-state index < -0.39 is 10.0 Å². The molecule has 0 saturated heterocycles. The first-order chi connectivity index (χ1) is 15.0. The number of rotatable bonds is 9. The third-order valence-electron chi connectivity index (χ3n) is 5.73. The molecule has 174 valence electrons. The Labute approximate surface area is 197 Å². The zero-order valence-corrected chi connectivity index (χ0v) is 20.9. The molecule has 0 heterocycles. The topological polar surface area (TPSA) is 57.7 Å². The minimum atomic E-state index is -3.99. The number of nitrogens with zero attached hydrogens (tertiary/aromatic N) is 2. The maximum Gasteiger partial charge on any atom is 0.264 e. The number of carbonyl (C=O) groups is 1. The summed E-state index contributed by atoms with van der Waals surface area (Å²) in [6, 6.07) is 13.6. The number of amides is 1. The summed E-state index contributed by atoms with van der Waals surface area (Å²) in [5, 5.41) is 0.291. The number of anilines is 1. The Morgan fingerprint density at radius 2 is 1.69 bits per heavy atom. The molecule has 0 spiro atoms. The fourth-order valence-corrected chi connectivity index (χ4v) is 5.35. The van der Waals surface area contributed by atoms with Gasteiger partial charge in [-0.3, -0.25) is 9.10 Å². The lowest BCUT2D eigenvalue weighted by atomic mass is 9.87. The van der Waals surface area contributed by atoms with Crippen LogP contribution in [-0.2, 0) is 20.2 Å². The summed E-state index contributed by atoms with van der Waals surface area (Å²) >= 11 is 6.39. The Kier molecular flexibility index (Phi) is 7.56. The van der Waals surface area contributed by atoms with Gasteiger partial charge in [0.05, 0.1) is 15.6 Å². The first-order valence-electron chi connectivity index (χ1n) is 11.2. The third kappa shape index (κ3) is 5.84. The molecule has 2 aromatic rings. The number of hydrogen-bond acceptors (Lipinski definition) is 3. The fourth-order valence-electron chi connectivity index (χ4n) is 3.63. The second-order valence-electron chi connectivity index (χ2n) is 9.52. The molecule has 0 aromatic heterocycles. The highest BCUT2D eigenvalue weighted by atomic mass is 35.5. The summed E-state index contributed by atoms with van der Waals surface area (Å²) in [5.41, 5.74) is 1.25. The molecule has 5 nitrogen and oxygen atoms in total. The molecule has 0 bridgehead atoms. The van der Waals surface area contributed by atoms with Crippen LogP contribution in [0.1, 0.15) is 52.5 Å². The van der Waals surface area contributed by atoms with E-state index in [4.69, 9.17) is 11.6 Å². The van der Waals surface area contributed by atoms with E-state index in [9.17, 15) is 13.2 Å². The Balaban J connectivity index is 1.97. The van der Waals surface area contributed by atoms with Crippen LogP contribution in [0.5, 0.6) is 0 Å². The van der Waals surface area contributed by atoms with Crippen molar-refractivity contribution in [1.29, 1.82) is 0 Å². The molecule has 1 amide bonds. The number of sulfonamides is 1. The van der Waals surface area contributed by atoms with Gasteiger partial charge in [0, 0.05) is 13.1 Å². The first kappa shape index (κ1) is 24.6. The van der Waals surface area contributed by atoms with Gasteiger partial charge in [0.25, 0.3) is 10.0 Å². The van der Waals surface area contributed by atoms with E-state index in [0.717, 1.165) is 29.1 Å². The lowest BCUT2D eigenvalue weighted by Gasteiger charge is -2.29. The number of halogens is 1. The Morgan fingerprint density at radius 3 is 2.22 bits per heavy atom. The van der Waals surface area contributed by atoms with Gasteiger partial charge < -0.3 is 4.90 Å². The summed E-state index contributed by atoms with van der Waals surface area (Å²) in [6.45, 7) is 9.27. The molecule has 0 atom stereocenters. The molecular formula is C25H33ClN2O3S. The van der Waals surface area contributed by atoms with Crippen LogP contribution in [0.2, 0.25) is 5.02 Å². The van der Waals surface area contributed by atoms with Crippen molar-refractivity contribution in [1.82, 2.24) is 4.90 Å². The van der Waals surface area contributed by atoms with Crippen molar-refractivity contribution in [2.24, 2.45) is 5.92 Å². The summed E-state index contributed by atoms with van der Waals surface area (Å²) in [4.78, 5) is 15.2. The van der Waals surface area contributed by atoms with E-state index in [0.29, 0.717) is 29.7 Å². The van der Waals surface area contributed by atoms with Crippen molar-refractivity contribution in [3.63, 3.8) is 0 Å². The third-order valence-corrected chi connectivity index (χ3v) is 7.82. The Morgan fingerprint density at radius 1 is 1.06 bits per heavy atom. The molecule has 3 rings (SSSR count). The summed E-state index contributed by atoms with van der Waals surface area (Å²) < 4.78 is 28.5. The maximum atomic E-state index is 13.7. The highest BCUT2D eigenvalue weighted by Crippen LogP contribution is 2.33. The van der Waals surface area contributed by atoms with Gasteiger partial charge in [0.15, 0.2) is 0 Å². The van der Waals surface area contributed by atoms with Gasteiger partial charge in [0.1, 0.15) is 6.54 Å². The van der Waals surface area contributed by atoms with Gasteiger partial charge in [-0.15, -0.1) is 0 Å². The van der Waals surface area contributed by atoms with Crippen LogP contribution in [0.15, 0.2) is 53.4 Å². The van der Waals surface area contributed by atoms with E-state index in [-0.39, 0.29) is 22.8 Å². The van der Waals surface area contributed by atoms with Crippen LogP contribution in [0, 0.1) is 5.92 Å². The molecular weight excluding hydrogens is 444 g/mol. The van der Waals surface area contributed by atoms with Crippen molar-refractivity contribution < 1.29 is 13.2 Å². The maximum absolute atomic E-state index is 13.7. The Hall–Kier alpha value is -2.05. The number of benzene rings is 2. The number of carbonyl (C=O) groups excluding carboxylic acids is 1. The van der Waals surface area contributed by atoms with Crippen LogP contribution in [0.25, 0.3) is 0 Å². The SMILES string of the molecule is CCCN(CC1CC1)C(=O)CN(c1ccccc1Cl)S(=O)(=O)c1ccc(C(C)(C)C)cc1. The molecule has 1 aliphatic rings. The quantitative estimate of drug-likeness (QED) is 0.481. The molecule has 0 radical (unpaired) electrons. The second-order valence-corrected chi connectivity index (χ2v) is 11.8. The molecule has 32 heavy (non-hydrogen) atoms. The molecule has 0 aliphatic heterocycles. The average Bonchev–Trinajstić information content (AvgIpc) is 3.56. The van der Waals surface area contributed by atoms with Crippen LogP contribution in [0.4, 0.5) is 5.69 Å². The lowest BCUT2D eigenvalue weighted by Crippen LogP contribution is -2.44. The molecule has 0 N–H and O–H groups in total. The van der Waals surface area contributed by atoms with E-state index >= 15 is 0 Å². The number of para-hydroxylation sites is 1. The van der Waals surface area contributed by atoms with E-state index in [1.807, 2.05) is 19.1 Å². The summed E-state index contributed by atoms with van der Waals surface area (Å²) in [5.74, 6) is 0.328. The zero-order chi connectivity index (χ0) is 23.5. The molecule has 1 fully saturated rings. The van der Waals surface area contributed by atoms with Crippen LogP contribution >= 0.6 is 11.6 Å². The van der Waals surface area contributed by atoms with Crippen LogP contribution in [0.3, 0.4) is 0 Å². The van der Waals surface area contributed by atoms with Gasteiger partial charge >= 0.3 is 0 Å². The molecule has 0 unspecified atom stereocenters. The smallest absolute Gasteiger partial charge is 0.264 e. The molecule has 1 saturated carbocycles. The second kappa shape index (κ2) is 9.84. The highest BCUT2D eigenvalue weighted by molar-refractivity contribution is 7.92. The lowest BCUT2D eigenvalue weighted by molar-refractivity contribution is -0.129. The summed E-state index contributed by atoms with van der Waals surface area (Å²) in [7, 11) is -3.99. The van der Waals surface area contributed by atoms with Crippen molar-refractivity contribution in [2.45, 2.75) is 57.3 Å². The standard InChI is InChI=1S/C25H33ClN2O3S/c1-5-16-27(17-19-10-11-19)24(29)18-28(23-9-7-6-8-22(23)26)32(30,31)21-14-12-20(13-15-21)25(2,3)4/h6-9,12-15,19H,5,10-11,16-18H2,1-4H3. The van der Waals surface area contributed by atoms with Crippen molar-refractivity contribution in [2.75, 3.05) is 23.9 Å². The normalized spacial score (nSPS) is 14.3. The molecule has 7 heteroatoms. The Bertz CT molecular complexity index is 1040. The summed E-state index contributed by atoms with van der Waals surface area (Å²) in [6.07, 6.45) is 3.08. The van der Waals surface area contributed by atoms with Crippen molar-refractivity contribution in [3.8, 4) is 0 Å². The van der Waals surface area contributed by atoms with E-state index in [2.05, 4.69) is 20.8 Å². The minimum Gasteiger partial charge on any atom is -0.341 e. The predicted octanol–water partition coefficient (Wildman–Crippen LogP) is 5.48. The van der Waals surface area contributed by atoms with E-state index in [1.165, 1.54) is 0 Å². The van der Waals surface area contributed by atoms with Crippen molar-refractivity contribution in [3.05, 3.63) is 59.1 Å². The zero-order valence-electron chi connectivity index (χ0n) is 19.3. The fraction of sp³-hybridized carbons (Fsp3) is 0.480. The highest BCUT2D eigenvalue weighted by Gasteiger charge is 2.32. The largest absolute Gasteiger partial charge is 0.341 e. The molecule has 1 aliphatic carbocycles. The predicted molar refractivity (Wildman–Crippen MR) is 131 cm³/mol. The van der Waals surface area contributed by atoms with Gasteiger partial charge in [-0.25, -0.2) is 8.42 Å². The number of hydrogen-bond donors (Lipinski definition) is 0. The minimum absolute atomic E-state index is 0.0931. The van der Waals surface area contributed by atoms with Gasteiger partial charge in [0.2, 0.25) is 5.91 Å².